The van der Waals surface area contributed by atoms with E-state index in [1.807, 2.05) is 35.0 Å². The van der Waals surface area contributed by atoms with E-state index in [1.54, 1.807) is 68.5 Å². The first kappa shape index (κ1) is 25.7. The van der Waals surface area contributed by atoms with E-state index in [2.05, 4.69) is 15.4 Å². The Balaban J connectivity index is 1.56. The largest absolute Gasteiger partial charge is 0.405 e. The SMILES string of the molecule is CN(C)C(=O)C(C)(C)n1cc(-c2ccn3c(-c4cccc(NC(=O)NCC(F)(F)F)c4)cnc3c2)cn1. The fraction of sp³-hybridized carbons (Fsp3) is 0.280. The average Bonchev–Trinajstić information content (AvgIpc) is 3.49. The monoisotopic (exact) mass is 513 g/mol. The van der Waals surface area contributed by atoms with Gasteiger partial charge in [0.05, 0.1) is 18.1 Å². The first-order valence-corrected chi connectivity index (χ1v) is 11.3. The number of hydrogen-bond donors (Lipinski definition) is 2. The van der Waals surface area contributed by atoms with Crippen LogP contribution in [0.1, 0.15) is 13.8 Å². The molecule has 0 saturated carbocycles. The van der Waals surface area contributed by atoms with Crippen LogP contribution in [-0.2, 0) is 10.3 Å². The molecule has 0 spiro atoms. The summed E-state index contributed by atoms with van der Waals surface area (Å²) in [5, 5.41) is 8.59. The van der Waals surface area contributed by atoms with E-state index in [-0.39, 0.29) is 5.91 Å². The summed E-state index contributed by atoms with van der Waals surface area (Å²) in [7, 11) is 3.40. The topological polar surface area (TPSA) is 96.6 Å². The van der Waals surface area contributed by atoms with Crippen molar-refractivity contribution in [2.24, 2.45) is 0 Å². The number of benzene rings is 1. The Bertz CT molecular complexity index is 1450. The van der Waals surface area contributed by atoms with Crippen LogP contribution in [0.15, 0.2) is 61.2 Å². The molecule has 37 heavy (non-hydrogen) atoms. The molecule has 0 fully saturated rings. The molecule has 12 heteroatoms. The molecule has 0 aliphatic heterocycles. The van der Waals surface area contributed by atoms with Crippen LogP contribution in [-0.4, -0.2) is 62.8 Å². The molecule has 2 N–H and O–H groups in total. The van der Waals surface area contributed by atoms with Crippen molar-refractivity contribution < 1.29 is 22.8 Å². The molecule has 0 bridgehead atoms. The van der Waals surface area contributed by atoms with Crippen LogP contribution >= 0.6 is 0 Å². The van der Waals surface area contributed by atoms with Gasteiger partial charge in [0.2, 0.25) is 5.91 Å². The number of halogens is 3. The second kappa shape index (κ2) is 9.60. The zero-order chi connectivity index (χ0) is 27.0. The van der Waals surface area contributed by atoms with Gasteiger partial charge >= 0.3 is 12.2 Å². The first-order chi connectivity index (χ1) is 17.3. The van der Waals surface area contributed by atoms with Gasteiger partial charge in [-0.1, -0.05) is 12.1 Å². The van der Waals surface area contributed by atoms with E-state index in [0.29, 0.717) is 16.9 Å². The van der Waals surface area contributed by atoms with E-state index in [4.69, 9.17) is 0 Å². The summed E-state index contributed by atoms with van der Waals surface area (Å²) in [5.41, 5.74) is 3.27. The van der Waals surface area contributed by atoms with Crippen LogP contribution in [0.3, 0.4) is 0 Å². The zero-order valence-corrected chi connectivity index (χ0v) is 20.7. The number of fused-ring (bicyclic) bond motifs is 1. The molecule has 0 aliphatic rings. The summed E-state index contributed by atoms with van der Waals surface area (Å²) in [5.74, 6) is -0.0787. The highest BCUT2D eigenvalue weighted by Crippen LogP contribution is 2.28. The number of imidazole rings is 1. The Hall–Kier alpha value is -4.35. The molecule has 3 amide bonds. The number of rotatable bonds is 6. The third-order valence-corrected chi connectivity index (χ3v) is 5.80. The summed E-state index contributed by atoms with van der Waals surface area (Å²) >= 11 is 0. The van der Waals surface area contributed by atoms with Crippen molar-refractivity contribution in [2.75, 3.05) is 26.0 Å². The summed E-state index contributed by atoms with van der Waals surface area (Å²) < 4.78 is 40.5. The minimum absolute atomic E-state index is 0.0787. The number of urea groups is 1. The van der Waals surface area contributed by atoms with Gasteiger partial charge in [0.1, 0.15) is 17.7 Å². The second-order valence-electron chi connectivity index (χ2n) is 9.22. The fourth-order valence-corrected chi connectivity index (χ4v) is 3.91. The van der Waals surface area contributed by atoms with Crippen LogP contribution in [0.5, 0.6) is 0 Å². The number of hydrogen-bond acceptors (Lipinski definition) is 4. The second-order valence-corrected chi connectivity index (χ2v) is 9.22. The van der Waals surface area contributed by atoms with Crippen LogP contribution in [0.2, 0.25) is 0 Å². The number of likely N-dealkylation sites (N-methyl/N-ethyl adjacent to an activating group) is 1. The number of amides is 3. The molecule has 4 rings (SSSR count). The van der Waals surface area contributed by atoms with Crippen LogP contribution in [0.25, 0.3) is 28.0 Å². The van der Waals surface area contributed by atoms with Crippen molar-refractivity contribution in [2.45, 2.75) is 25.6 Å². The van der Waals surface area contributed by atoms with Crippen LogP contribution < -0.4 is 10.6 Å². The lowest BCUT2D eigenvalue weighted by Crippen LogP contribution is -2.44. The number of carbonyl (C=O) groups is 2. The van der Waals surface area contributed by atoms with Gasteiger partial charge in [0, 0.05) is 43.3 Å². The minimum atomic E-state index is -4.49. The Morgan fingerprint density at radius 2 is 1.78 bits per heavy atom. The summed E-state index contributed by atoms with van der Waals surface area (Å²) in [6.07, 6.45) is 2.53. The number of anilines is 1. The smallest absolute Gasteiger partial charge is 0.347 e. The Morgan fingerprint density at radius 1 is 1.03 bits per heavy atom. The molecule has 4 aromatic rings. The highest BCUT2D eigenvalue weighted by Gasteiger charge is 2.32. The normalized spacial score (nSPS) is 12.0. The molecule has 0 aliphatic carbocycles. The Kier molecular flexibility index (Phi) is 6.68. The molecule has 0 unspecified atom stereocenters. The molecule has 0 saturated heterocycles. The third-order valence-electron chi connectivity index (χ3n) is 5.80. The predicted molar refractivity (Wildman–Crippen MR) is 133 cm³/mol. The third kappa shape index (κ3) is 5.57. The van der Waals surface area contributed by atoms with Gasteiger partial charge in [-0.05, 0) is 43.7 Å². The lowest BCUT2D eigenvalue weighted by Gasteiger charge is -2.27. The fourth-order valence-electron chi connectivity index (χ4n) is 3.91. The van der Waals surface area contributed by atoms with E-state index in [0.717, 1.165) is 16.8 Å². The van der Waals surface area contributed by atoms with Gasteiger partial charge < -0.3 is 15.5 Å². The highest BCUT2D eigenvalue weighted by atomic mass is 19.4. The Morgan fingerprint density at radius 3 is 2.49 bits per heavy atom. The number of nitrogens with one attached hydrogen (secondary N) is 2. The minimum Gasteiger partial charge on any atom is -0.347 e. The van der Waals surface area contributed by atoms with E-state index in [1.165, 1.54) is 4.90 Å². The summed E-state index contributed by atoms with van der Waals surface area (Å²) in [6.45, 7) is 2.19. The van der Waals surface area contributed by atoms with E-state index in [9.17, 15) is 22.8 Å². The number of carbonyl (C=O) groups excluding carboxylic acids is 2. The summed E-state index contributed by atoms with van der Waals surface area (Å²) in [4.78, 5) is 30.4. The molecule has 0 radical (unpaired) electrons. The van der Waals surface area contributed by atoms with Crippen molar-refractivity contribution in [3.8, 4) is 22.4 Å². The standard InChI is InChI=1S/C25H26F3N7O2/c1-24(2,22(36)33(3)4)35-14-18(12-31-35)16-8-9-34-20(13-29-21(34)11-16)17-6-5-7-19(10-17)32-23(37)30-15-25(26,27)28/h5-14H,15H2,1-4H3,(H2,30,32,37). The number of alkyl halides is 3. The first-order valence-electron chi connectivity index (χ1n) is 11.3. The lowest BCUT2D eigenvalue weighted by atomic mass is 10.0. The maximum Gasteiger partial charge on any atom is 0.405 e. The van der Waals surface area contributed by atoms with Crippen molar-refractivity contribution >= 4 is 23.3 Å². The Labute approximate surface area is 210 Å². The number of pyridine rings is 1. The van der Waals surface area contributed by atoms with Crippen molar-refractivity contribution in [1.82, 2.24) is 29.4 Å². The van der Waals surface area contributed by atoms with Crippen molar-refractivity contribution in [3.05, 3.63) is 61.2 Å². The van der Waals surface area contributed by atoms with Gasteiger partial charge in [-0.2, -0.15) is 18.3 Å². The van der Waals surface area contributed by atoms with Crippen LogP contribution in [0, 0.1) is 0 Å². The maximum absolute atomic E-state index is 12.6. The van der Waals surface area contributed by atoms with E-state index >= 15 is 0 Å². The maximum atomic E-state index is 12.6. The zero-order valence-electron chi connectivity index (χ0n) is 20.7. The van der Waals surface area contributed by atoms with Gasteiger partial charge in [0.25, 0.3) is 0 Å². The molecular weight excluding hydrogens is 487 g/mol. The van der Waals surface area contributed by atoms with Gasteiger partial charge in [-0.3, -0.25) is 13.9 Å². The lowest BCUT2D eigenvalue weighted by molar-refractivity contribution is -0.137. The van der Waals surface area contributed by atoms with Gasteiger partial charge in [-0.15, -0.1) is 0 Å². The highest BCUT2D eigenvalue weighted by molar-refractivity contribution is 5.90. The van der Waals surface area contributed by atoms with Crippen molar-refractivity contribution in [1.29, 1.82) is 0 Å². The van der Waals surface area contributed by atoms with Crippen molar-refractivity contribution in [3.63, 3.8) is 0 Å². The van der Waals surface area contributed by atoms with E-state index < -0.39 is 24.3 Å². The average molecular weight is 514 g/mol. The quantitative estimate of drug-likeness (QED) is 0.400. The molecular formula is C25H26F3N7O2. The van der Waals surface area contributed by atoms with Gasteiger partial charge in [-0.25, -0.2) is 9.78 Å². The molecule has 3 aromatic heterocycles. The molecule has 194 valence electrons. The number of aromatic nitrogens is 4. The summed E-state index contributed by atoms with van der Waals surface area (Å²) in [6, 6.07) is 9.56. The molecule has 3 heterocycles. The molecule has 0 atom stereocenters. The predicted octanol–water partition coefficient (Wildman–Crippen LogP) is 4.37. The molecule has 1 aromatic carbocycles. The van der Waals surface area contributed by atoms with Crippen LogP contribution in [0.4, 0.5) is 23.7 Å². The van der Waals surface area contributed by atoms with Gasteiger partial charge in [0.15, 0.2) is 0 Å². The molecule has 9 nitrogen and oxygen atoms in total. The number of nitrogens with zero attached hydrogens (tertiary/aromatic N) is 5.